The van der Waals surface area contributed by atoms with E-state index in [0.717, 1.165) is 18.8 Å². The minimum Gasteiger partial charge on any atom is -0.397 e. The lowest BCUT2D eigenvalue weighted by atomic mass is 9.93. The van der Waals surface area contributed by atoms with E-state index in [-0.39, 0.29) is 5.91 Å². The summed E-state index contributed by atoms with van der Waals surface area (Å²) >= 11 is 0. The number of amides is 1. The molecular formula is C15H23N3O2. The monoisotopic (exact) mass is 277 g/mol. The smallest absolute Gasteiger partial charge is 0.253 e. The minimum absolute atomic E-state index is 0.0322. The Labute approximate surface area is 120 Å². The highest BCUT2D eigenvalue weighted by atomic mass is 16.3. The molecular weight excluding hydrogens is 254 g/mol. The first-order valence-electron chi connectivity index (χ1n) is 6.89. The highest BCUT2D eigenvalue weighted by Gasteiger charge is 2.28. The van der Waals surface area contributed by atoms with E-state index in [1.165, 1.54) is 0 Å². The van der Waals surface area contributed by atoms with Crippen LogP contribution in [0.3, 0.4) is 0 Å². The molecule has 0 aromatic heterocycles. The van der Waals surface area contributed by atoms with Crippen LogP contribution in [0.2, 0.25) is 0 Å². The Kier molecular flexibility index (Phi) is 3.90. The summed E-state index contributed by atoms with van der Waals surface area (Å²) in [7, 11) is 3.47. The van der Waals surface area contributed by atoms with Gasteiger partial charge in [-0.2, -0.15) is 0 Å². The Morgan fingerprint density at radius 1 is 1.35 bits per heavy atom. The van der Waals surface area contributed by atoms with Gasteiger partial charge in [0.1, 0.15) is 0 Å². The second-order valence-corrected chi connectivity index (χ2v) is 5.96. The van der Waals surface area contributed by atoms with Gasteiger partial charge in [0.05, 0.1) is 17.0 Å². The van der Waals surface area contributed by atoms with Gasteiger partial charge in [-0.1, -0.05) is 0 Å². The summed E-state index contributed by atoms with van der Waals surface area (Å²) in [5, 5.41) is 10.0. The second-order valence-electron chi connectivity index (χ2n) is 5.96. The maximum absolute atomic E-state index is 12.0. The van der Waals surface area contributed by atoms with Gasteiger partial charge in [-0.05, 0) is 38.0 Å². The van der Waals surface area contributed by atoms with Gasteiger partial charge in [-0.15, -0.1) is 0 Å². The lowest BCUT2D eigenvalue weighted by molar-refractivity contribution is 0.0351. The van der Waals surface area contributed by atoms with Crippen LogP contribution in [0, 0.1) is 0 Å². The van der Waals surface area contributed by atoms with E-state index in [4.69, 9.17) is 5.73 Å². The molecule has 1 aromatic rings. The van der Waals surface area contributed by atoms with Gasteiger partial charge in [0.15, 0.2) is 0 Å². The number of rotatable bonds is 2. The van der Waals surface area contributed by atoms with Crippen molar-refractivity contribution in [2.24, 2.45) is 0 Å². The third-order valence-electron chi connectivity index (χ3n) is 3.86. The van der Waals surface area contributed by atoms with E-state index >= 15 is 0 Å². The van der Waals surface area contributed by atoms with Crippen LogP contribution in [0.15, 0.2) is 18.2 Å². The summed E-state index contributed by atoms with van der Waals surface area (Å²) in [4.78, 5) is 15.7. The average Bonchev–Trinajstić information content (AvgIpc) is 2.39. The topological polar surface area (TPSA) is 69.8 Å². The number of anilines is 2. The molecule has 0 radical (unpaired) electrons. The third-order valence-corrected chi connectivity index (χ3v) is 3.86. The lowest BCUT2D eigenvalue weighted by Gasteiger charge is -2.37. The molecule has 0 unspecified atom stereocenters. The van der Waals surface area contributed by atoms with Crippen LogP contribution in [0.25, 0.3) is 0 Å². The van der Waals surface area contributed by atoms with E-state index in [9.17, 15) is 9.90 Å². The van der Waals surface area contributed by atoms with Crippen LogP contribution in [0.5, 0.6) is 0 Å². The summed E-state index contributed by atoms with van der Waals surface area (Å²) in [6, 6.07) is 5.37. The summed E-state index contributed by atoms with van der Waals surface area (Å²) < 4.78 is 0. The largest absolute Gasteiger partial charge is 0.397 e. The van der Waals surface area contributed by atoms with Crippen LogP contribution in [0.1, 0.15) is 30.1 Å². The van der Waals surface area contributed by atoms with Crippen molar-refractivity contribution < 1.29 is 9.90 Å². The molecule has 0 atom stereocenters. The van der Waals surface area contributed by atoms with E-state index in [1.807, 2.05) is 13.0 Å². The van der Waals surface area contributed by atoms with Crippen LogP contribution < -0.4 is 10.6 Å². The number of aliphatic hydroxyl groups is 1. The van der Waals surface area contributed by atoms with Gasteiger partial charge >= 0.3 is 0 Å². The average molecular weight is 277 g/mol. The van der Waals surface area contributed by atoms with Gasteiger partial charge in [0.25, 0.3) is 5.91 Å². The fourth-order valence-corrected chi connectivity index (χ4v) is 2.44. The zero-order valence-corrected chi connectivity index (χ0v) is 12.4. The fourth-order valence-electron chi connectivity index (χ4n) is 2.44. The number of nitrogen functional groups attached to an aromatic ring is 1. The van der Waals surface area contributed by atoms with Crippen LogP contribution in [0.4, 0.5) is 11.4 Å². The number of hydrogen-bond acceptors (Lipinski definition) is 4. The quantitative estimate of drug-likeness (QED) is 0.800. The maximum atomic E-state index is 12.0. The predicted molar refractivity (Wildman–Crippen MR) is 80.9 cm³/mol. The number of carbonyl (C=O) groups is 1. The Morgan fingerprint density at radius 3 is 2.50 bits per heavy atom. The van der Waals surface area contributed by atoms with Gasteiger partial charge < -0.3 is 20.6 Å². The van der Waals surface area contributed by atoms with Crippen LogP contribution in [-0.2, 0) is 0 Å². The predicted octanol–water partition coefficient (Wildman–Crippen LogP) is 1.32. The van der Waals surface area contributed by atoms with Gasteiger partial charge in [0, 0.05) is 32.7 Å². The van der Waals surface area contributed by atoms with Gasteiger partial charge in [-0.3, -0.25) is 4.79 Å². The normalized spacial score (nSPS) is 17.9. The van der Waals surface area contributed by atoms with Crippen molar-refractivity contribution in [3.63, 3.8) is 0 Å². The molecule has 5 nitrogen and oxygen atoms in total. The van der Waals surface area contributed by atoms with Crippen molar-refractivity contribution in [3.05, 3.63) is 23.8 Å². The van der Waals surface area contributed by atoms with Crippen molar-refractivity contribution >= 4 is 17.3 Å². The molecule has 20 heavy (non-hydrogen) atoms. The zero-order chi connectivity index (χ0) is 14.9. The molecule has 5 heteroatoms. The second kappa shape index (κ2) is 5.32. The summed E-state index contributed by atoms with van der Waals surface area (Å²) in [5.41, 5.74) is 7.63. The van der Waals surface area contributed by atoms with Gasteiger partial charge in [-0.25, -0.2) is 0 Å². The minimum atomic E-state index is -0.595. The third kappa shape index (κ3) is 3.04. The molecule has 2 rings (SSSR count). The number of nitrogens with zero attached hydrogens (tertiary/aromatic N) is 2. The molecule has 0 spiro atoms. The molecule has 3 N–H and O–H groups in total. The molecule has 1 aromatic carbocycles. The highest BCUT2D eigenvalue weighted by Crippen LogP contribution is 2.30. The number of piperidine rings is 1. The molecule has 110 valence electrons. The first kappa shape index (κ1) is 14.7. The Bertz CT molecular complexity index is 502. The number of carbonyl (C=O) groups excluding carboxylic acids is 1. The van der Waals surface area contributed by atoms with Crippen molar-refractivity contribution in [3.8, 4) is 0 Å². The van der Waals surface area contributed by atoms with Crippen molar-refractivity contribution in [2.75, 3.05) is 37.8 Å². The molecule has 1 fully saturated rings. The molecule has 1 saturated heterocycles. The Balaban J connectivity index is 2.24. The molecule has 1 aliphatic heterocycles. The molecule has 0 aliphatic carbocycles. The number of benzene rings is 1. The SMILES string of the molecule is CN(C)C(=O)c1ccc(N)c(N2CCC(C)(O)CC2)c1. The number of nitrogens with two attached hydrogens (primary N) is 1. The first-order chi connectivity index (χ1) is 9.30. The summed E-state index contributed by atoms with van der Waals surface area (Å²) in [5.74, 6) is -0.0322. The van der Waals surface area contributed by atoms with Crippen molar-refractivity contribution in [1.82, 2.24) is 4.90 Å². The molecule has 0 bridgehead atoms. The van der Waals surface area contributed by atoms with Crippen LogP contribution in [-0.4, -0.2) is 48.7 Å². The zero-order valence-electron chi connectivity index (χ0n) is 12.4. The fraction of sp³-hybridized carbons (Fsp3) is 0.533. The van der Waals surface area contributed by atoms with E-state index in [2.05, 4.69) is 4.90 Å². The van der Waals surface area contributed by atoms with E-state index in [0.29, 0.717) is 24.1 Å². The van der Waals surface area contributed by atoms with E-state index < -0.39 is 5.60 Å². The van der Waals surface area contributed by atoms with Crippen molar-refractivity contribution in [1.29, 1.82) is 0 Å². The number of hydrogen-bond donors (Lipinski definition) is 2. The lowest BCUT2D eigenvalue weighted by Crippen LogP contribution is -2.42. The molecule has 0 saturated carbocycles. The molecule has 1 aliphatic rings. The first-order valence-corrected chi connectivity index (χ1v) is 6.89. The highest BCUT2D eigenvalue weighted by molar-refractivity contribution is 5.96. The Hall–Kier alpha value is -1.75. The standard InChI is InChI=1S/C15H23N3O2/c1-15(20)6-8-18(9-7-15)13-10-11(4-5-12(13)16)14(19)17(2)3/h4-5,10,20H,6-9,16H2,1-3H3. The Morgan fingerprint density at radius 2 is 1.95 bits per heavy atom. The maximum Gasteiger partial charge on any atom is 0.253 e. The van der Waals surface area contributed by atoms with Crippen molar-refractivity contribution in [2.45, 2.75) is 25.4 Å². The van der Waals surface area contributed by atoms with Crippen LogP contribution >= 0.6 is 0 Å². The summed E-state index contributed by atoms with van der Waals surface area (Å²) in [6.07, 6.45) is 1.41. The van der Waals surface area contributed by atoms with Gasteiger partial charge in [0.2, 0.25) is 0 Å². The molecule has 1 amide bonds. The van der Waals surface area contributed by atoms with E-state index in [1.54, 1.807) is 31.1 Å². The summed E-state index contributed by atoms with van der Waals surface area (Å²) in [6.45, 7) is 3.35. The molecule has 1 heterocycles.